The number of nitrogens with one attached hydrogen (secondary N) is 1. The highest BCUT2D eigenvalue weighted by atomic mass is 32.2. The van der Waals surface area contributed by atoms with Gasteiger partial charge in [-0.1, -0.05) is 36.3 Å². The van der Waals surface area contributed by atoms with E-state index in [0.29, 0.717) is 31.1 Å². The summed E-state index contributed by atoms with van der Waals surface area (Å²) >= 11 is 0. The van der Waals surface area contributed by atoms with Crippen LogP contribution in [0.3, 0.4) is 0 Å². The van der Waals surface area contributed by atoms with Crippen LogP contribution >= 0.6 is 0 Å². The molecule has 1 heterocycles. The lowest BCUT2D eigenvalue weighted by molar-refractivity contribution is 0.365. The second kappa shape index (κ2) is 9.05. The molecular weight excluding hydrogens is 360 g/mol. The average Bonchev–Trinajstić information content (AvgIpc) is 3.23. The van der Waals surface area contributed by atoms with Crippen LogP contribution in [0.4, 0.5) is 0 Å². The number of hydrogen-bond donors (Lipinski definition) is 1. The van der Waals surface area contributed by atoms with Gasteiger partial charge in [0.25, 0.3) is 0 Å². The molecule has 0 atom stereocenters. The Balaban J connectivity index is 1.58. The van der Waals surface area contributed by atoms with Crippen molar-refractivity contribution in [3.05, 3.63) is 59.7 Å². The summed E-state index contributed by atoms with van der Waals surface area (Å²) in [5.74, 6) is 3.24. The Bertz CT molecular complexity index is 896. The number of hydrogen-bond acceptors (Lipinski definition) is 4. The molecule has 2 aromatic rings. The highest BCUT2D eigenvalue weighted by Crippen LogP contribution is 2.21. The van der Waals surface area contributed by atoms with E-state index in [-0.39, 0.29) is 6.61 Å². The second-order valence-corrected chi connectivity index (χ2v) is 8.40. The van der Waals surface area contributed by atoms with Gasteiger partial charge in [0.1, 0.15) is 12.4 Å². The fourth-order valence-electron chi connectivity index (χ4n) is 3.11. The fraction of sp³-hybridized carbons (Fsp3) is 0.333. The van der Waals surface area contributed by atoms with Crippen LogP contribution in [0.15, 0.2) is 53.4 Å². The minimum absolute atomic E-state index is 0.240. The highest BCUT2D eigenvalue weighted by Gasteiger charge is 2.26. The molecule has 0 bridgehead atoms. The van der Waals surface area contributed by atoms with Crippen LogP contribution in [0.25, 0.3) is 0 Å². The first-order valence-corrected chi connectivity index (χ1v) is 10.5. The third-order valence-corrected chi connectivity index (χ3v) is 6.47. The maximum Gasteiger partial charge on any atom is 0.243 e. The van der Waals surface area contributed by atoms with Gasteiger partial charge in [-0.25, -0.2) is 8.42 Å². The molecule has 0 amide bonds. The highest BCUT2D eigenvalue weighted by molar-refractivity contribution is 7.89. The lowest BCUT2D eigenvalue weighted by atomic mass is 10.2. The number of para-hydroxylation sites is 1. The second-order valence-electron chi connectivity index (χ2n) is 6.46. The molecule has 5 nitrogen and oxygen atoms in total. The third kappa shape index (κ3) is 4.89. The number of nitrogens with zero attached hydrogens (tertiary/aromatic N) is 1. The van der Waals surface area contributed by atoms with E-state index in [2.05, 4.69) is 11.2 Å². The van der Waals surface area contributed by atoms with Crippen LogP contribution in [0, 0.1) is 12.3 Å². The van der Waals surface area contributed by atoms with E-state index >= 15 is 0 Å². The van der Waals surface area contributed by atoms with Gasteiger partial charge in [0.2, 0.25) is 10.0 Å². The van der Waals surface area contributed by atoms with E-state index in [9.17, 15) is 8.42 Å². The van der Waals surface area contributed by atoms with Gasteiger partial charge >= 0.3 is 0 Å². The van der Waals surface area contributed by atoms with Crippen molar-refractivity contribution in [2.24, 2.45) is 0 Å². The van der Waals surface area contributed by atoms with Crippen molar-refractivity contribution in [2.45, 2.75) is 30.8 Å². The lowest BCUT2D eigenvalue weighted by Gasteiger charge is -2.15. The summed E-state index contributed by atoms with van der Waals surface area (Å²) in [5.41, 5.74) is 2.05. The van der Waals surface area contributed by atoms with Gasteiger partial charge in [-0.15, -0.1) is 6.42 Å². The molecule has 1 aliphatic rings. The first-order chi connectivity index (χ1) is 13.1. The predicted molar refractivity (Wildman–Crippen MR) is 106 cm³/mol. The van der Waals surface area contributed by atoms with Crippen molar-refractivity contribution in [3.63, 3.8) is 0 Å². The van der Waals surface area contributed by atoms with Crippen molar-refractivity contribution in [2.75, 3.05) is 19.7 Å². The van der Waals surface area contributed by atoms with Crippen molar-refractivity contribution in [1.82, 2.24) is 9.62 Å². The van der Waals surface area contributed by atoms with Crippen molar-refractivity contribution in [3.8, 4) is 18.1 Å². The molecule has 1 fully saturated rings. The summed E-state index contributed by atoms with van der Waals surface area (Å²) in [4.78, 5) is 0.362. The van der Waals surface area contributed by atoms with E-state index in [1.165, 1.54) is 0 Å². The van der Waals surface area contributed by atoms with Crippen LogP contribution in [-0.4, -0.2) is 32.4 Å². The summed E-state index contributed by atoms with van der Waals surface area (Å²) in [7, 11) is -3.35. The molecule has 27 heavy (non-hydrogen) atoms. The topological polar surface area (TPSA) is 58.6 Å². The molecule has 0 saturated carbocycles. The molecule has 2 aromatic carbocycles. The van der Waals surface area contributed by atoms with Crippen LogP contribution < -0.4 is 10.1 Å². The zero-order valence-electron chi connectivity index (χ0n) is 15.2. The summed E-state index contributed by atoms with van der Waals surface area (Å²) < 4.78 is 32.2. The molecule has 1 saturated heterocycles. The lowest BCUT2D eigenvalue weighted by Crippen LogP contribution is -2.27. The Morgan fingerprint density at radius 2 is 1.74 bits per heavy atom. The molecule has 1 N–H and O–H groups in total. The van der Waals surface area contributed by atoms with Gasteiger partial charge in [-0.3, -0.25) is 0 Å². The van der Waals surface area contributed by atoms with Crippen LogP contribution in [0.5, 0.6) is 5.75 Å². The minimum Gasteiger partial charge on any atom is -0.481 e. The Labute approximate surface area is 161 Å². The number of benzene rings is 2. The van der Waals surface area contributed by atoms with E-state index in [1.807, 2.05) is 36.4 Å². The maximum absolute atomic E-state index is 12.6. The van der Waals surface area contributed by atoms with Crippen LogP contribution in [0.1, 0.15) is 24.0 Å². The summed E-state index contributed by atoms with van der Waals surface area (Å²) in [6.07, 6.45) is 7.13. The fourth-order valence-corrected chi connectivity index (χ4v) is 4.63. The van der Waals surface area contributed by atoms with Gasteiger partial charge in [-0.05, 0) is 36.6 Å². The molecule has 142 valence electrons. The normalized spacial score (nSPS) is 14.8. The third-order valence-electron chi connectivity index (χ3n) is 4.55. The van der Waals surface area contributed by atoms with E-state index in [4.69, 9.17) is 11.2 Å². The van der Waals surface area contributed by atoms with Gasteiger partial charge < -0.3 is 10.1 Å². The Kier molecular flexibility index (Phi) is 6.51. The summed E-state index contributed by atoms with van der Waals surface area (Å²) in [5, 5.41) is 3.36. The molecule has 6 heteroatoms. The molecule has 0 unspecified atom stereocenters. The predicted octanol–water partition coefficient (Wildman–Crippen LogP) is 2.77. The summed E-state index contributed by atoms with van der Waals surface area (Å²) in [6, 6.07) is 14.8. The van der Waals surface area contributed by atoms with Gasteiger partial charge in [0.15, 0.2) is 0 Å². The standard InChI is InChI=1S/C21H24N2O3S/c1-2-15-26-21-8-4-3-7-19(21)17-22-16-18-9-11-20(12-10-18)27(24,25)23-13-5-6-14-23/h1,3-4,7-12,22H,5-6,13-17H2. The quantitative estimate of drug-likeness (QED) is 0.711. The number of terminal acetylenes is 1. The Morgan fingerprint density at radius 1 is 1.04 bits per heavy atom. The van der Waals surface area contributed by atoms with Gasteiger partial charge in [0.05, 0.1) is 4.90 Å². The maximum atomic E-state index is 12.6. The smallest absolute Gasteiger partial charge is 0.243 e. The molecule has 1 aliphatic heterocycles. The summed E-state index contributed by atoms with van der Waals surface area (Å²) in [6.45, 7) is 2.74. The number of rotatable bonds is 8. The first-order valence-electron chi connectivity index (χ1n) is 9.05. The molecule has 0 radical (unpaired) electrons. The van der Waals surface area contributed by atoms with Crippen molar-refractivity contribution >= 4 is 10.0 Å². The van der Waals surface area contributed by atoms with Crippen LogP contribution in [-0.2, 0) is 23.1 Å². The van der Waals surface area contributed by atoms with Crippen molar-refractivity contribution in [1.29, 1.82) is 0 Å². The number of sulfonamides is 1. The van der Waals surface area contributed by atoms with E-state index < -0.39 is 10.0 Å². The van der Waals surface area contributed by atoms with Crippen LogP contribution in [0.2, 0.25) is 0 Å². The average molecular weight is 385 g/mol. The minimum atomic E-state index is -3.35. The van der Waals surface area contributed by atoms with Gasteiger partial charge in [-0.2, -0.15) is 4.31 Å². The molecule has 0 spiro atoms. The zero-order chi connectivity index (χ0) is 19.1. The zero-order valence-corrected chi connectivity index (χ0v) is 16.0. The van der Waals surface area contributed by atoms with E-state index in [1.54, 1.807) is 16.4 Å². The van der Waals surface area contributed by atoms with Gasteiger partial charge in [0, 0.05) is 31.7 Å². The molecular formula is C21H24N2O3S. The molecule has 0 aliphatic carbocycles. The molecule has 3 rings (SSSR count). The number of ether oxygens (including phenoxy) is 1. The Morgan fingerprint density at radius 3 is 2.44 bits per heavy atom. The largest absolute Gasteiger partial charge is 0.481 e. The van der Waals surface area contributed by atoms with E-state index in [0.717, 1.165) is 29.7 Å². The first kappa shape index (κ1) is 19.4. The SMILES string of the molecule is C#CCOc1ccccc1CNCc1ccc(S(=O)(=O)N2CCCC2)cc1. The van der Waals surface area contributed by atoms with Crippen molar-refractivity contribution < 1.29 is 13.2 Å². The molecule has 0 aromatic heterocycles. The Hall–Kier alpha value is -2.33. The monoisotopic (exact) mass is 384 g/mol.